The maximum Gasteiger partial charge on any atom is 0.417 e. The van der Waals surface area contributed by atoms with E-state index < -0.39 is 76.5 Å². The van der Waals surface area contributed by atoms with Crippen LogP contribution in [0, 0.1) is 0 Å². The van der Waals surface area contributed by atoms with Crippen LogP contribution in [0.25, 0.3) is 5.83 Å². The van der Waals surface area contributed by atoms with Crippen molar-refractivity contribution in [3.05, 3.63) is 73.7 Å². The number of carbonyl (C=O) groups is 1. The van der Waals surface area contributed by atoms with Gasteiger partial charge in [0.05, 0.1) is 37.7 Å². The number of amides is 1. The van der Waals surface area contributed by atoms with Crippen LogP contribution < -0.4 is 10.6 Å². The monoisotopic (exact) mass is 648 g/mol. The van der Waals surface area contributed by atoms with Crippen molar-refractivity contribution in [1.29, 1.82) is 0 Å². The Morgan fingerprint density at radius 3 is 1.97 bits per heavy atom. The minimum atomic E-state index is -5.28. The highest BCUT2D eigenvalue weighted by molar-refractivity contribution is 7.80. The van der Waals surface area contributed by atoms with Gasteiger partial charge in [-0.15, -0.1) is 0 Å². The maximum absolute atomic E-state index is 14.9. The highest BCUT2D eigenvalue weighted by Crippen LogP contribution is 2.42. The van der Waals surface area contributed by atoms with E-state index in [0.29, 0.717) is 12.1 Å². The number of halogens is 13. The van der Waals surface area contributed by atoms with Crippen molar-refractivity contribution >= 4 is 63.7 Å². The standard InChI is InChI=1S/C22H13Cl3F10N2OS/c23-14-4-10(5-15(24)18(14)25)12(21(30,31)32)6-16(26)9-1-2-11(13(3-9)22(33,34)35)19(38)36-7-17(39)37-8-20(27,28)29/h1-6,12H,7-8H2,(H,36,38)(H,37,39). The second-order valence-electron chi connectivity index (χ2n) is 7.67. The van der Waals surface area contributed by atoms with E-state index in [-0.39, 0.29) is 27.2 Å². The minimum absolute atomic E-state index is 0.00408. The van der Waals surface area contributed by atoms with Crippen LogP contribution in [0.15, 0.2) is 36.4 Å². The number of benzene rings is 2. The van der Waals surface area contributed by atoms with Gasteiger partial charge in [-0.25, -0.2) is 4.39 Å². The van der Waals surface area contributed by atoms with Gasteiger partial charge in [-0.1, -0.05) is 53.1 Å². The van der Waals surface area contributed by atoms with E-state index in [2.05, 4.69) is 12.2 Å². The molecular formula is C22H13Cl3F10N2OS. The second kappa shape index (κ2) is 12.5. The zero-order valence-electron chi connectivity index (χ0n) is 18.7. The number of rotatable bonds is 7. The van der Waals surface area contributed by atoms with Crippen molar-refractivity contribution in [2.75, 3.05) is 13.1 Å². The summed E-state index contributed by atoms with van der Waals surface area (Å²) in [6.45, 7) is -2.32. The fourth-order valence-corrected chi connectivity index (χ4v) is 3.78. The van der Waals surface area contributed by atoms with E-state index >= 15 is 0 Å². The lowest BCUT2D eigenvalue weighted by Gasteiger charge is -2.19. The molecule has 1 amide bonds. The number of thiocarbonyl (C=S) groups is 1. The van der Waals surface area contributed by atoms with Gasteiger partial charge in [0.2, 0.25) is 0 Å². The average Bonchev–Trinajstić information content (AvgIpc) is 2.80. The lowest BCUT2D eigenvalue weighted by Crippen LogP contribution is -2.40. The Morgan fingerprint density at radius 1 is 0.923 bits per heavy atom. The van der Waals surface area contributed by atoms with Crippen LogP contribution >= 0.6 is 47.0 Å². The molecule has 0 saturated heterocycles. The lowest BCUT2D eigenvalue weighted by molar-refractivity contribution is -0.140. The van der Waals surface area contributed by atoms with Crippen molar-refractivity contribution in [3.63, 3.8) is 0 Å². The van der Waals surface area contributed by atoms with Gasteiger partial charge in [0.15, 0.2) is 0 Å². The quantitative estimate of drug-likeness (QED) is 0.180. The van der Waals surface area contributed by atoms with Gasteiger partial charge in [0.25, 0.3) is 5.91 Å². The van der Waals surface area contributed by atoms with Gasteiger partial charge in [-0.2, -0.15) is 39.5 Å². The molecule has 0 heterocycles. The summed E-state index contributed by atoms with van der Waals surface area (Å²) < 4.78 is 134. The lowest BCUT2D eigenvalue weighted by atomic mass is 9.95. The maximum atomic E-state index is 14.9. The molecule has 2 aromatic rings. The van der Waals surface area contributed by atoms with E-state index in [0.717, 1.165) is 12.1 Å². The molecule has 0 aliphatic heterocycles. The molecule has 0 aliphatic rings. The predicted molar refractivity (Wildman–Crippen MR) is 130 cm³/mol. The molecule has 0 aliphatic carbocycles. The summed E-state index contributed by atoms with van der Waals surface area (Å²) in [6, 6.07) is 2.74. The SMILES string of the molecule is O=C(NCC(=S)NCC(F)(F)F)c1ccc(C(F)=CC(c2cc(Cl)c(Cl)c(Cl)c2)C(F)(F)F)cc1C(F)(F)F. The Hall–Kier alpha value is -2.29. The fourth-order valence-electron chi connectivity index (χ4n) is 3.02. The van der Waals surface area contributed by atoms with E-state index in [1.54, 1.807) is 5.32 Å². The molecule has 17 heteroatoms. The zero-order valence-corrected chi connectivity index (χ0v) is 21.8. The zero-order chi connectivity index (χ0) is 29.9. The van der Waals surface area contributed by atoms with Crippen molar-refractivity contribution in [2.24, 2.45) is 0 Å². The molecule has 1 unspecified atom stereocenters. The first kappa shape index (κ1) is 32.9. The Bertz CT molecular complexity index is 1250. The molecule has 214 valence electrons. The van der Waals surface area contributed by atoms with E-state index in [9.17, 15) is 48.7 Å². The predicted octanol–water partition coefficient (Wildman–Crippen LogP) is 8.53. The molecule has 2 aromatic carbocycles. The first-order valence-corrected chi connectivity index (χ1v) is 11.7. The third-order valence-electron chi connectivity index (χ3n) is 4.77. The number of alkyl halides is 9. The van der Waals surface area contributed by atoms with Gasteiger partial charge in [-0.05, 0) is 35.9 Å². The van der Waals surface area contributed by atoms with Crippen LogP contribution in [0.5, 0.6) is 0 Å². The second-order valence-corrected chi connectivity index (χ2v) is 9.35. The summed E-state index contributed by atoms with van der Waals surface area (Å²) in [7, 11) is 0. The molecular weight excluding hydrogens is 637 g/mol. The number of carbonyl (C=O) groups excluding carboxylic acids is 1. The molecule has 0 spiro atoms. The molecule has 1 atom stereocenters. The van der Waals surface area contributed by atoms with Crippen molar-refractivity contribution in [2.45, 2.75) is 24.4 Å². The highest BCUT2D eigenvalue weighted by Gasteiger charge is 2.41. The van der Waals surface area contributed by atoms with Gasteiger partial charge in [0.1, 0.15) is 18.3 Å². The summed E-state index contributed by atoms with van der Waals surface area (Å²) in [5.41, 5.74) is -4.42. The Morgan fingerprint density at radius 2 is 1.49 bits per heavy atom. The van der Waals surface area contributed by atoms with Crippen molar-refractivity contribution in [1.82, 2.24) is 10.6 Å². The Labute approximate surface area is 234 Å². The molecule has 39 heavy (non-hydrogen) atoms. The fraction of sp³-hybridized carbons (Fsp3) is 0.273. The molecule has 3 nitrogen and oxygen atoms in total. The van der Waals surface area contributed by atoms with Crippen molar-refractivity contribution < 1.29 is 48.7 Å². The molecule has 0 fully saturated rings. The van der Waals surface area contributed by atoms with E-state index in [4.69, 9.17) is 34.8 Å². The number of hydrogen-bond acceptors (Lipinski definition) is 2. The Kier molecular flexibility index (Phi) is 10.5. The molecule has 0 bridgehead atoms. The first-order valence-electron chi connectivity index (χ1n) is 10.1. The molecule has 0 saturated carbocycles. The summed E-state index contributed by atoms with van der Waals surface area (Å²) in [5, 5.41) is 2.59. The molecule has 2 N–H and O–H groups in total. The average molecular weight is 650 g/mol. The summed E-state index contributed by atoms with van der Waals surface area (Å²) in [6.07, 6.45) is -15.1. The van der Waals surface area contributed by atoms with Gasteiger partial charge < -0.3 is 10.6 Å². The summed E-state index contributed by atoms with van der Waals surface area (Å²) in [5.74, 6) is -5.87. The minimum Gasteiger partial charge on any atom is -0.369 e. The van der Waals surface area contributed by atoms with Crippen molar-refractivity contribution in [3.8, 4) is 0 Å². The largest absolute Gasteiger partial charge is 0.417 e. The number of hydrogen-bond donors (Lipinski definition) is 2. The van der Waals surface area contributed by atoms with Crippen LogP contribution in [0.2, 0.25) is 15.1 Å². The topological polar surface area (TPSA) is 41.1 Å². The third-order valence-corrected chi connectivity index (χ3v) is 6.26. The highest BCUT2D eigenvalue weighted by atomic mass is 35.5. The third kappa shape index (κ3) is 9.40. The van der Waals surface area contributed by atoms with Crippen LogP contribution in [-0.2, 0) is 6.18 Å². The normalized spacial score (nSPS) is 13.7. The smallest absolute Gasteiger partial charge is 0.369 e. The van der Waals surface area contributed by atoms with Crippen LogP contribution in [0.3, 0.4) is 0 Å². The first-order chi connectivity index (χ1) is 17.7. The van der Waals surface area contributed by atoms with Gasteiger partial charge >= 0.3 is 18.5 Å². The molecule has 0 radical (unpaired) electrons. The molecule has 2 rings (SSSR count). The van der Waals surface area contributed by atoms with Gasteiger partial charge in [-0.3, -0.25) is 4.79 Å². The number of nitrogens with one attached hydrogen (secondary N) is 2. The van der Waals surface area contributed by atoms with E-state index in [1.165, 1.54) is 0 Å². The summed E-state index contributed by atoms with van der Waals surface area (Å²) >= 11 is 21.8. The summed E-state index contributed by atoms with van der Waals surface area (Å²) in [4.78, 5) is 11.7. The Balaban J connectivity index is 2.41. The van der Waals surface area contributed by atoms with Crippen LogP contribution in [0.4, 0.5) is 43.9 Å². The van der Waals surface area contributed by atoms with Crippen LogP contribution in [-0.4, -0.2) is 36.3 Å². The van der Waals surface area contributed by atoms with Crippen LogP contribution in [0.1, 0.15) is 33.0 Å². The molecule has 0 aromatic heterocycles. The van der Waals surface area contributed by atoms with Gasteiger partial charge in [0, 0.05) is 5.56 Å². The van der Waals surface area contributed by atoms with E-state index in [1.807, 2.05) is 5.32 Å². The number of allylic oxidation sites excluding steroid dienone is 1.